The maximum atomic E-state index is 4.91. The van der Waals surface area contributed by atoms with Gasteiger partial charge in [0.2, 0.25) is 0 Å². The van der Waals surface area contributed by atoms with Crippen LogP contribution in [0.15, 0.2) is 91.2 Å². The summed E-state index contributed by atoms with van der Waals surface area (Å²) in [5.74, 6) is 0.865. The fourth-order valence-corrected chi connectivity index (χ4v) is 3.60. The number of nitrogens with zero attached hydrogens (tertiary/aromatic N) is 3. The van der Waals surface area contributed by atoms with Gasteiger partial charge in [-0.3, -0.25) is 9.55 Å². The number of rotatable bonds is 3. The number of hydrogen-bond acceptors (Lipinski definition) is 2. The lowest BCUT2D eigenvalue weighted by Crippen LogP contribution is -1.99. The molecule has 3 heteroatoms. The molecule has 0 saturated heterocycles. The van der Waals surface area contributed by atoms with Crippen LogP contribution in [0.1, 0.15) is 18.4 Å². The van der Waals surface area contributed by atoms with Crippen LogP contribution >= 0.6 is 0 Å². The van der Waals surface area contributed by atoms with Gasteiger partial charge in [0, 0.05) is 11.9 Å². The molecule has 0 unspecified atom stereocenters. The van der Waals surface area contributed by atoms with E-state index in [9.17, 15) is 0 Å². The number of pyridine rings is 1. The maximum Gasteiger partial charge on any atom is 0.164 e. The van der Waals surface area contributed by atoms with Crippen molar-refractivity contribution in [1.82, 2.24) is 14.5 Å². The summed E-state index contributed by atoms with van der Waals surface area (Å²) in [7, 11) is 0. The molecule has 27 heavy (non-hydrogen) atoms. The van der Waals surface area contributed by atoms with E-state index in [0.29, 0.717) is 0 Å². The summed E-state index contributed by atoms with van der Waals surface area (Å²) < 4.78 is 2.19. The van der Waals surface area contributed by atoms with Crippen molar-refractivity contribution in [3.63, 3.8) is 0 Å². The molecule has 130 valence electrons. The summed E-state index contributed by atoms with van der Waals surface area (Å²) >= 11 is 0. The average Bonchev–Trinajstić information content (AvgIpc) is 3.15. The van der Waals surface area contributed by atoms with Crippen LogP contribution in [-0.4, -0.2) is 14.5 Å². The molecule has 4 aromatic rings. The predicted octanol–water partition coefficient (Wildman–Crippen LogP) is 5.82. The second kappa shape index (κ2) is 6.69. The van der Waals surface area contributed by atoms with Gasteiger partial charge in [-0.15, -0.1) is 0 Å². The number of allylic oxidation sites excluding steroid dienone is 4. The van der Waals surface area contributed by atoms with Crippen molar-refractivity contribution in [2.45, 2.75) is 12.8 Å². The largest absolute Gasteiger partial charge is 0.291 e. The number of benzene rings is 2. The molecule has 1 aliphatic rings. The van der Waals surface area contributed by atoms with E-state index >= 15 is 0 Å². The van der Waals surface area contributed by atoms with Crippen LogP contribution in [0.25, 0.3) is 33.8 Å². The molecule has 0 saturated carbocycles. The van der Waals surface area contributed by atoms with Crippen LogP contribution in [0.3, 0.4) is 0 Å². The molecule has 2 aromatic carbocycles. The number of aromatic nitrogens is 3. The molecular weight excluding hydrogens is 330 g/mol. The summed E-state index contributed by atoms with van der Waals surface area (Å²) in [6.45, 7) is 0. The molecule has 0 spiro atoms. The summed E-state index contributed by atoms with van der Waals surface area (Å²) in [5.41, 5.74) is 6.47. The van der Waals surface area contributed by atoms with Gasteiger partial charge >= 0.3 is 0 Å². The van der Waals surface area contributed by atoms with Gasteiger partial charge < -0.3 is 0 Å². The third-order valence-corrected chi connectivity index (χ3v) is 4.89. The number of fused-ring (bicyclic) bond motifs is 1. The topological polar surface area (TPSA) is 30.7 Å². The van der Waals surface area contributed by atoms with Crippen molar-refractivity contribution in [1.29, 1.82) is 0 Å². The zero-order valence-electron chi connectivity index (χ0n) is 14.9. The minimum absolute atomic E-state index is 0.865. The summed E-state index contributed by atoms with van der Waals surface area (Å²) in [4.78, 5) is 9.56. The lowest BCUT2D eigenvalue weighted by Gasteiger charge is -2.11. The SMILES string of the molecule is C1=CC(c2ccnc(-c3nc4ccccc4n3-c3ccccc3)c2)=CCC1. The highest BCUT2D eigenvalue weighted by molar-refractivity contribution is 5.83. The minimum atomic E-state index is 0.865. The first-order valence-corrected chi connectivity index (χ1v) is 9.26. The van der Waals surface area contributed by atoms with Crippen LogP contribution in [0.5, 0.6) is 0 Å². The first kappa shape index (κ1) is 15.8. The van der Waals surface area contributed by atoms with Crippen molar-refractivity contribution >= 4 is 16.6 Å². The Hall–Kier alpha value is -3.46. The standard InChI is InChI=1S/C24H19N3/c1-3-9-18(10-4-1)19-15-16-25-22(17-19)24-26-21-13-7-8-14-23(21)27(24)20-11-5-2-6-12-20/h2-3,5-17H,1,4H2. The van der Waals surface area contributed by atoms with Gasteiger partial charge in [0.05, 0.1) is 11.0 Å². The first-order chi connectivity index (χ1) is 13.4. The van der Waals surface area contributed by atoms with Crippen molar-refractivity contribution in [2.24, 2.45) is 0 Å². The van der Waals surface area contributed by atoms with E-state index in [1.807, 2.05) is 18.3 Å². The minimum Gasteiger partial charge on any atom is -0.291 e. The Morgan fingerprint density at radius 2 is 1.70 bits per heavy atom. The number of para-hydroxylation sites is 3. The Bertz CT molecular complexity index is 1170. The van der Waals surface area contributed by atoms with E-state index < -0.39 is 0 Å². The van der Waals surface area contributed by atoms with Crippen LogP contribution < -0.4 is 0 Å². The normalized spacial score (nSPS) is 13.7. The van der Waals surface area contributed by atoms with E-state index in [4.69, 9.17) is 4.98 Å². The molecule has 0 fully saturated rings. The molecule has 0 radical (unpaired) electrons. The molecule has 1 aliphatic carbocycles. The highest BCUT2D eigenvalue weighted by Crippen LogP contribution is 2.29. The van der Waals surface area contributed by atoms with E-state index in [0.717, 1.165) is 41.1 Å². The Kier molecular flexibility index (Phi) is 3.91. The average molecular weight is 349 g/mol. The molecule has 0 amide bonds. The summed E-state index contributed by atoms with van der Waals surface area (Å²) in [5, 5.41) is 0. The number of hydrogen-bond donors (Lipinski definition) is 0. The Balaban J connectivity index is 1.72. The molecule has 0 aliphatic heterocycles. The van der Waals surface area contributed by atoms with Gasteiger partial charge in [0.1, 0.15) is 5.69 Å². The fourth-order valence-electron chi connectivity index (χ4n) is 3.60. The maximum absolute atomic E-state index is 4.91. The van der Waals surface area contributed by atoms with Crippen molar-refractivity contribution in [2.75, 3.05) is 0 Å². The molecule has 0 atom stereocenters. The van der Waals surface area contributed by atoms with Crippen molar-refractivity contribution < 1.29 is 0 Å². The van der Waals surface area contributed by atoms with Gasteiger partial charge in [0.15, 0.2) is 5.82 Å². The molecule has 2 aromatic heterocycles. The molecule has 2 heterocycles. The molecule has 0 N–H and O–H groups in total. The Morgan fingerprint density at radius 3 is 2.56 bits per heavy atom. The van der Waals surface area contributed by atoms with Gasteiger partial charge in [-0.05, 0) is 60.4 Å². The lowest BCUT2D eigenvalue weighted by atomic mass is 10.00. The second-order valence-corrected chi connectivity index (χ2v) is 6.66. The van der Waals surface area contributed by atoms with Crippen LogP contribution in [0, 0.1) is 0 Å². The van der Waals surface area contributed by atoms with Crippen LogP contribution in [0.4, 0.5) is 0 Å². The van der Waals surface area contributed by atoms with Gasteiger partial charge in [-0.25, -0.2) is 4.98 Å². The fraction of sp³-hybridized carbons (Fsp3) is 0.0833. The van der Waals surface area contributed by atoms with E-state index in [2.05, 4.69) is 82.4 Å². The Labute approximate surface area is 158 Å². The highest BCUT2D eigenvalue weighted by Gasteiger charge is 2.15. The zero-order chi connectivity index (χ0) is 18.1. The van der Waals surface area contributed by atoms with Gasteiger partial charge in [-0.2, -0.15) is 0 Å². The van der Waals surface area contributed by atoms with Crippen LogP contribution in [-0.2, 0) is 0 Å². The zero-order valence-corrected chi connectivity index (χ0v) is 14.9. The third-order valence-electron chi connectivity index (χ3n) is 4.89. The molecule has 3 nitrogen and oxygen atoms in total. The van der Waals surface area contributed by atoms with E-state index in [1.54, 1.807) is 0 Å². The van der Waals surface area contributed by atoms with Crippen LogP contribution in [0.2, 0.25) is 0 Å². The number of imidazole rings is 1. The van der Waals surface area contributed by atoms with Crippen molar-refractivity contribution in [3.8, 4) is 17.2 Å². The second-order valence-electron chi connectivity index (χ2n) is 6.66. The molecular formula is C24H19N3. The lowest BCUT2D eigenvalue weighted by molar-refractivity contribution is 1.04. The van der Waals surface area contributed by atoms with E-state index in [-0.39, 0.29) is 0 Å². The highest BCUT2D eigenvalue weighted by atomic mass is 15.1. The van der Waals surface area contributed by atoms with E-state index in [1.165, 1.54) is 11.1 Å². The summed E-state index contributed by atoms with van der Waals surface area (Å²) in [6, 6.07) is 22.8. The first-order valence-electron chi connectivity index (χ1n) is 9.26. The van der Waals surface area contributed by atoms with Crippen molar-refractivity contribution in [3.05, 3.63) is 96.7 Å². The third kappa shape index (κ3) is 2.87. The van der Waals surface area contributed by atoms with Gasteiger partial charge in [-0.1, -0.05) is 48.6 Å². The summed E-state index contributed by atoms with van der Waals surface area (Å²) in [6.07, 6.45) is 10.8. The molecule has 0 bridgehead atoms. The van der Waals surface area contributed by atoms with Gasteiger partial charge in [0.25, 0.3) is 0 Å². The smallest absolute Gasteiger partial charge is 0.164 e. The Morgan fingerprint density at radius 1 is 0.852 bits per heavy atom. The quantitative estimate of drug-likeness (QED) is 0.466. The molecule has 5 rings (SSSR count). The predicted molar refractivity (Wildman–Crippen MR) is 111 cm³/mol. The monoisotopic (exact) mass is 349 g/mol.